The van der Waals surface area contributed by atoms with Crippen LogP contribution >= 0.6 is 0 Å². The fraction of sp³-hybridized carbons (Fsp3) is 0.333. The van der Waals surface area contributed by atoms with E-state index in [4.69, 9.17) is 60.0 Å². The second kappa shape index (κ2) is 18.5. The van der Waals surface area contributed by atoms with Gasteiger partial charge in [0.05, 0.1) is 13.2 Å². The number of benzene rings is 4. The van der Waals surface area contributed by atoms with Gasteiger partial charge in [0.25, 0.3) is 0 Å². The van der Waals surface area contributed by atoms with Crippen LogP contribution in [0, 0.1) is 13.8 Å². The zero-order valence-electron chi connectivity index (χ0n) is 28.8. The van der Waals surface area contributed by atoms with Gasteiger partial charge in [0, 0.05) is 16.5 Å². The minimum atomic E-state index is 0. The normalized spacial score (nSPS) is 14.4. The van der Waals surface area contributed by atoms with Crippen LogP contribution in [0.15, 0.2) is 72.8 Å². The molecule has 0 spiro atoms. The Morgan fingerprint density at radius 2 is 1.04 bits per heavy atom. The third-order valence-corrected chi connectivity index (χ3v) is 11.1. The van der Waals surface area contributed by atoms with E-state index in [1.807, 2.05) is 44.2 Å². The van der Waals surface area contributed by atoms with E-state index in [1.54, 1.807) is 0 Å². The molecule has 2 aliphatic rings. The smallest absolute Gasteiger partial charge is 0.124 e. The van der Waals surface area contributed by atoms with E-state index in [0.717, 1.165) is 72.4 Å². The van der Waals surface area contributed by atoms with Crippen molar-refractivity contribution in [2.75, 3.05) is 13.2 Å². The molecular formula is C42H44NiO2S4-4. The molecule has 0 radical (unpaired) electrons. The van der Waals surface area contributed by atoms with Gasteiger partial charge in [-0.2, -0.15) is 19.6 Å². The largest absolute Gasteiger partial charge is 0.781 e. The summed E-state index contributed by atoms with van der Waals surface area (Å²) in [5, 5.41) is 0. The Kier molecular flexibility index (Phi) is 14.8. The first-order valence-corrected chi connectivity index (χ1v) is 18.7. The predicted octanol–water partition coefficient (Wildman–Crippen LogP) is 10.4. The average molecular weight is 768 g/mol. The quantitative estimate of drug-likeness (QED) is 0.100. The number of hydrogen-bond acceptors (Lipinski definition) is 6. The Morgan fingerprint density at radius 3 is 1.57 bits per heavy atom. The summed E-state index contributed by atoms with van der Waals surface area (Å²) in [5.74, 6) is 1.65. The van der Waals surface area contributed by atoms with Gasteiger partial charge in [-0.05, 0) is 153 Å². The molecule has 49 heavy (non-hydrogen) atoms. The van der Waals surface area contributed by atoms with E-state index in [1.165, 1.54) is 60.8 Å². The predicted molar refractivity (Wildman–Crippen MR) is 214 cm³/mol. The number of rotatable bonds is 8. The van der Waals surface area contributed by atoms with Gasteiger partial charge in [0.1, 0.15) is 11.5 Å². The first kappa shape index (κ1) is 39.1. The fourth-order valence-corrected chi connectivity index (χ4v) is 7.55. The molecule has 0 N–H and O–H groups in total. The minimum Gasteiger partial charge on any atom is -0.781 e. The molecule has 0 heterocycles. The molecule has 2 nitrogen and oxygen atoms in total. The summed E-state index contributed by atoms with van der Waals surface area (Å²) >= 11 is 22.9. The fourth-order valence-electron chi connectivity index (χ4n) is 6.46. The van der Waals surface area contributed by atoms with Crippen molar-refractivity contribution >= 4 is 70.1 Å². The summed E-state index contributed by atoms with van der Waals surface area (Å²) in [5.41, 5.74) is 12.1. The van der Waals surface area contributed by atoms with Crippen LogP contribution < -0.4 is 9.47 Å². The van der Waals surface area contributed by atoms with Crippen LogP contribution in [0.5, 0.6) is 11.5 Å². The summed E-state index contributed by atoms with van der Waals surface area (Å²) < 4.78 is 11.4. The van der Waals surface area contributed by atoms with Gasteiger partial charge in [0.2, 0.25) is 0 Å². The molecule has 0 atom stereocenters. The van der Waals surface area contributed by atoms with Crippen molar-refractivity contribution in [2.45, 2.75) is 79.1 Å². The van der Waals surface area contributed by atoms with E-state index < -0.39 is 0 Å². The number of fused-ring (bicyclic) bond motifs is 2. The number of aryl methyl sites for hydroxylation is 6. The Labute approximate surface area is 326 Å². The van der Waals surface area contributed by atoms with Crippen LogP contribution in [0.1, 0.15) is 95.2 Å². The second-order valence-corrected chi connectivity index (χ2v) is 14.2. The Morgan fingerprint density at radius 1 is 0.531 bits per heavy atom. The SMILES string of the molecule is CCOc1ccc(C)c(/C([S-])=C(/[S-])c2ccc3c(c2)CCCC3)c1.CCOc1ccc(C)cc1/C([S-])=C(/[S-])c1ccc2c(c1)CCCC2.[Ni]. The van der Waals surface area contributed by atoms with Gasteiger partial charge in [-0.25, -0.2) is 0 Å². The van der Waals surface area contributed by atoms with E-state index >= 15 is 0 Å². The van der Waals surface area contributed by atoms with E-state index in [9.17, 15) is 0 Å². The zero-order valence-corrected chi connectivity index (χ0v) is 33.0. The summed E-state index contributed by atoms with van der Waals surface area (Å²) in [4.78, 5) is 2.94. The molecule has 0 bridgehead atoms. The molecule has 4 aromatic rings. The molecule has 7 heteroatoms. The van der Waals surface area contributed by atoms with Gasteiger partial charge >= 0.3 is 0 Å². The molecule has 2 aliphatic carbocycles. The molecule has 0 saturated carbocycles. The van der Waals surface area contributed by atoms with Crippen LogP contribution in [-0.2, 0) is 92.7 Å². The van der Waals surface area contributed by atoms with Crippen molar-refractivity contribution in [3.63, 3.8) is 0 Å². The Balaban J connectivity index is 0.000000216. The minimum absolute atomic E-state index is 0. The molecule has 0 amide bonds. The average Bonchev–Trinajstić information content (AvgIpc) is 3.12. The van der Waals surface area contributed by atoms with Crippen molar-refractivity contribution in [3.05, 3.63) is 128 Å². The van der Waals surface area contributed by atoms with Crippen LogP contribution in [0.2, 0.25) is 0 Å². The third kappa shape index (κ3) is 9.77. The van der Waals surface area contributed by atoms with Gasteiger partial charge < -0.3 is 60.0 Å². The van der Waals surface area contributed by atoms with Crippen LogP contribution in [0.4, 0.5) is 0 Å². The monoisotopic (exact) mass is 766 g/mol. The van der Waals surface area contributed by atoms with E-state index in [2.05, 4.69) is 56.3 Å². The molecule has 4 aromatic carbocycles. The molecule has 0 aliphatic heterocycles. The van der Waals surface area contributed by atoms with E-state index in [-0.39, 0.29) is 16.5 Å². The van der Waals surface area contributed by atoms with Crippen molar-refractivity contribution in [3.8, 4) is 11.5 Å². The summed E-state index contributed by atoms with van der Waals surface area (Å²) in [6, 6.07) is 25.3. The maximum Gasteiger partial charge on any atom is 0.124 e. The standard InChI is InChI=1S/2C21H24OS2.Ni/c1-3-22-18-11-8-14(2)19(13-18)21(24)20(23)17-10-9-15-6-4-5-7-16(15)12-17;1-3-22-19-11-8-14(2)12-18(19)21(24)20(23)17-10-9-15-6-4-5-7-16(15)13-17;/h2*8-13,23-24H,3-7H2,1-2H3;/p-4/b2*21-20-;. The van der Waals surface area contributed by atoms with Gasteiger partial charge in [0.15, 0.2) is 0 Å². The molecule has 6 rings (SSSR count). The molecule has 0 aromatic heterocycles. The van der Waals surface area contributed by atoms with Crippen LogP contribution in [0.25, 0.3) is 19.6 Å². The summed E-state index contributed by atoms with van der Waals surface area (Å²) in [7, 11) is 0. The van der Waals surface area contributed by atoms with Crippen molar-refractivity contribution in [1.29, 1.82) is 0 Å². The maximum atomic E-state index is 5.74. The van der Waals surface area contributed by atoms with Gasteiger partial charge in [-0.3, -0.25) is 0 Å². The number of ether oxygens (including phenoxy) is 2. The summed E-state index contributed by atoms with van der Waals surface area (Å²) in [6.45, 7) is 9.34. The topological polar surface area (TPSA) is 18.5 Å². The van der Waals surface area contributed by atoms with Crippen molar-refractivity contribution in [1.82, 2.24) is 0 Å². The van der Waals surface area contributed by atoms with Crippen LogP contribution in [-0.4, -0.2) is 13.2 Å². The van der Waals surface area contributed by atoms with Crippen molar-refractivity contribution < 1.29 is 26.0 Å². The summed E-state index contributed by atoms with van der Waals surface area (Å²) in [6.07, 6.45) is 9.77. The molecule has 262 valence electrons. The first-order chi connectivity index (χ1) is 23.2. The Hall–Kier alpha value is -2.67. The first-order valence-electron chi connectivity index (χ1n) is 17.1. The zero-order chi connectivity index (χ0) is 34.2. The van der Waals surface area contributed by atoms with Crippen LogP contribution in [0.3, 0.4) is 0 Å². The molecular weight excluding hydrogens is 723 g/mol. The van der Waals surface area contributed by atoms with Gasteiger partial charge in [-0.1, -0.05) is 54.1 Å². The van der Waals surface area contributed by atoms with E-state index in [0.29, 0.717) is 18.1 Å². The maximum absolute atomic E-state index is 5.74. The van der Waals surface area contributed by atoms with Crippen molar-refractivity contribution in [2.24, 2.45) is 0 Å². The number of hydrogen-bond donors (Lipinski definition) is 0. The van der Waals surface area contributed by atoms with Gasteiger partial charge in [-0.15, -0.1) is 0 Å². The molecule has 0 unspecified atom stereocenters. The Bertz CT molecular complexity index is 1830. The molecule has 0 saturated heterocycles. The second-order valence-electron chi connectivity index (χ2n) is 12.5. The molecule has 0 fully saturated rings. The third-order valence-electron chi connectivity index (χ3n) is 9.08.